The summed E-state index contributed by atoms with van der Waals surface area (Å²) >= 11 is 0. The maximum Gasteiger partial charge on any atom is 0.246 e. The summed E-state index contributed by atoms with van der Waals surface area (Å²) in [4.78, 5) is 16.6. The van der Waals surface area contributed by atoms with E-state index in [-0.39, 0.29) is 5.91 Å². The molecule has 0 radical (unpaired) electrons. The van der Waals surface area contributed by atoms with Gasteiger partial charge in [-0.1, -0.05) is 0 Å². The Bertz CT molecular complexity index is 736. The summed E-state index contributed by atoms with van der Waals surface area (Å²) in [5, 5.41) is 8.48. The van der Waals surface area contributed by atoms with Crippen LogP contribution < -0.4 is 0 Å². The highest BCUT2D eigenvalue weighted by molar-refractivity contribution is 5.91. The SMILES string of the molecule is Cc1nn(C)cc1CN1CCN(C(=O)/C=C/c2cnn(C)c2)CC1. The summed E-state index contributed by atoms with van der Waals surface area (Å²) in [5.74, 6) is 0.0658. The standard InChI is InChI=1S/C17H24N6O/c1-14-16(12-21(3)19-14)13-22-6-8-23(9-7-22)17(24)5-4-15-10-18-20(2)11-15/h4-5,10-12H,6-9,13H2,1-3H3/b5-4+. The van der Waals surface area contributed by atoms with Crippen LogP contribution in [-0.2, 0) is 25.4 Å². The lowest BCUT2D eigenvalue weighted by Gasteiger charge is -2.34. The lowest BCUT2D eigenvalue weighted by molar-refractivity contribution is -0.127. The highest BCUT2D eigenvalue weighted by Gasteiger charge is 2.20. The summed E-state index contributed by atoms with van der Waals surface area (Å²) in [6.45, 7) is 6.23. The van der Waals surface area contributed by atoms with Gasteiger partial charge in [-0.3, -0.25) is 19.1 Å². The van der Waals surface area contributed by atoms with Crippen LogP contribution in [-0.4, -0.2) is 61.4 Å². The molecule has 7 nitrogen and oxygen atoms in total. The molecule has 0 spiro atoms. The van der Waals surface area contributed by atoms with Gasteiger partial charge < -0.3 is 4.90 Å². The molecule has 0 aliphatic carbocycles. The van der Waals surface area contributed by atoms with Crippen molar-refractivity contribution in [2.24, 2.45) is 14.1 Å². The van der Waals surface area contributed by atoms with Gasteiger partial charge in [-0.2, -0.15) is 10.2 Å². The molecule has 0 atom stereocenters. The first-order valence-corrected chi connectivity index (χ1v) is 8.18. The number of carbonyl (C=O) groups is 1. The Kier molecular flexibility index (Phi) is 4.80. The monoisotopic (exact) mass is 328 g/mol. The van der Waals surface area contributed by atoms with Gasteiger partial charge in [0.1, 0.15) is 0 Å². The van der Waals surface area contributed by atoms with Crippen molar-refractivity contribution in [1.82, 2.24) is 29.4 Å². The molecule has 0 aromatic carbocycles. The van der Waals surface area contributed by atoms with Crippen LogP contribution in [0.4, 0.5) is 0 Å². The zero-order valence-corrected chi connectivity index (χ0v) is 14.5. The zero-order valence-electron chi connectivity index (χ0n) is 14.5. The molecule has 128 valence electrons. The van der Waals surface area contributed by atoms with E-state index < -0.39 is 0 Å². The molecule has 1 saturated heterocycles. The van der Waals surface area contributed by atoms with Crippen molar-refractivity contribution in [3.8, 4) is 0 Å². The molecule has 2 aromatic heterocycles. The van der Waals surface area contributed by atoms with E-state index in [9.17, 15) is 4.79 Å². The van der Waals surface area contributed by atoms with Crippen molar-refractivity contribution in [3.05, 3.63) is 41.5 Å². The largest absolute Gasteiger partial charge is 0.337 e. The van der Waals surface area contributed by atoms with Gasteiger partial charge in [-0.15, -0.1) is 0 Å². The predicted molar refractivity (Wildman–Crippen MR) is 92.0 cm³/mol. The van der Waals surface area contributed by atoms with Crippen LogP contribution in [0.3, 0.4) is 0 Å². The first-order valence-electron chi connectivity index (χ1n) is 8.18. The van der Waals surface area contributed by atoms with Crippen LogP contribution in [0.2, 0.25) is 0 Å². The summed E-state index contributed by atoms with van der Waals surface area (Å²) in [5.41, 5.74) is 3.28. The van der Waals surface area contributed by atoms with Crippen molar-refractivity contribution in [1.29, 1.82) is 0 Å². The lowest BCUT2D eigenvalue weighted by atomic mass is 10.2. The fourth-order valence-corrected chi connectivity index (χ4v) is 2.97. The molecule has 0 saturated carbocycles. The van der Waals surface area contributed by atoms with Crippen molar-refractivity contribution in [2.75, 3.05) is 26.2 Å². The molecule has 1 fully saturated rings. The zero-order chi connectivity index (χ0) is 17.1. The number of carbonyl (C=O) groups excluding carboxylic acids is 1. The van der Waals surface area contributed by atoms with Gasteiger partial charge >= 0.3 is 0 Å². The van der Waals surface area contributed by atoms with Crippen molar-refractivity contribution in [2.45, 2.75) is 13.5 Å². The van der Waals surface area contributed by atoms with Crippen LogP contribution in [0.15, 0.2) is 24.7 Å². The maximum absolute atomic E-state index is 12.3. The van der Waals surface area contributed by atoms with E-state index in [4.69, 9.17) is 0 Å². The van der Waals surface area contributed by atoms with Crippen molar-refractivity contribution >= 4 is 12.0 Å². The minimum Gasteiger partial charge on any atom is -0.337 e. The molecule has 3 rings (SSSR count). The van der Waals surface area contributed by atoms with E-state index in [2.05, 4.69) is 21.3 Å². The number of piperazine rings is 1. The Morgan fingerprint density at radius 3 is 2.50 bits per heavy atom. The van der Waals surface area contributed by atoms with Crippen LogP contribution >= 0.6 is 0 Å². The topological polar surface area (TPSA) is 59.2 Å². The fraction of sp³-hybridized carbons (Fsp3) is 0.471. The Balaban J connectivity index is 1.50. The molecule has 24 heavy (non-hydrogen) atoms. The molecule has 3 heterocycles. The Hall–Kier alpha value is -2.41. The summed E-state index contributed by atoms with van der Waals surface area (Å²) in [7, 11) is 3.81. The molecule has 7 heteroatoms. The lowest BCUT2D eigenvalue weighted by Crippen LogP contribution is -2.47. The minimum absolute atomic E-state index is 0.0658. The van der Waals surface area contributed by atoms with E-state index in [1.807, 2.05) is 42.9 Å². The second-order valence-electron chi connectivity index (χ2n) is 6.30. The predicted octanol–water partition coefficient (Wildman–Crippen LogP) is 0.820. The Morgan fingerprint density at radius 1 is 1.17 bits per heavy atom. The first-order chi connectivity index (χ1) is 11.5. The third-order valence-corrected chi connectivity index (χ3v) is 4.34. The average Bonchev–Trinajstić information content (AvgIpc) is 3.11. The second kappa shape index (κ2) is 7.00. The maximum atomic E-state index is 12.3. The van der Waals surface area contributed by atoms with Crippen LogP contribution in [0.1, 0.15) is 16.8 Å². The van der Waals surface area contributed by atoms with E-state index in [1.165, 1.54) is 5.56 Å². The minimum atomic E-state index is 0.0658. The van der Waals surface area contributed by atoms with Gasteiger partial charge in [0.25, 0.3) is 0 Å². The van der Waals surface area contributed by atoms with Crippen LogP contribution in [0, 0.1) is 6.92 Å². The first kappa shape index (κ1) is 16.4. The number of amides is 1. The van der Waals surface area contributed by atoms with Gasteiger partial charge in [-0.25, -0.2) is 0 Å². The number of aryl methyl sites for hydroxylation is 3. The summed E-state index contributed by atoms with van der Waals surface area (Å²) in [6.07, 6.45) is 9.16. The van der Waals surface area contributed by atoms with Gasteiger partial charge in [0, 0.05) is 76.4 Å². The van der Waals surface area contributed by atoms with E-state index in [0.717, 1.165) is 44.0 Å². The smallest absolute Gasteiger partial charge is 0.246 e. The second-order valence-corrected chi connectivity index (χ2v) is 6.30. The highest BCUT2D eigenvalue weighted by atomic mass is 16.2. The van der Waals surface area contributed by atoms with Gasteiger partial charge in [0.05, 0.1) is 11.9 Å². The third kappa shape index (κ3) is 3.91. The van der Waals surface area contributed by atoms with Gasteiger partial charge in [0.15, 0.2) is 0 Å². The Morgan fingerprint density at radius 2 is 1.92 bits per heavy atom. The number of aromatic nitrogens is 4. The van der Waals surface area contributed by atoms with Crippen LogP contribution in [0.5, 0.6) is 0 Å². The number of rotatable bonds is 4. The summed E-state index contributed by atoms with van der Waals surface area (Å²) < 4.78 is 3.58. The van der Waals surface area contributed by atoms with Crippen molar-refractivity contribution in [3.63, 3.8) is 0 Å². The van der Waals surface area contributed by atoms with Gasteiger partial charge in [0.2, 0.25) is 5.91 Å². The molecule has 0 bridgehead atoms. The normalized spacial score (nSPS) is 16.2. The Labute approximate surface area is 142 Å². The highest BCUT2D eigenvalue weighted by Crippen LogP contribution is 2.12. The molecule has 0 N–H and O–H groups in total. The van der Waals surface area contributed by atoms with E-state index >= 15 is 0 Å². The van der Waals surface area contributed by atoms with E-state index in [0.29, 0.717) is 0 Å². The number of hydrogen-bond acceptors (Lipinski definition) is 4. The van der Waals surface area contributed by atoms with E-state index in [1.54, 1.807) is 17.0 Å². The molecular formula is C17H24N6O. The molecule has 0 unspecified atom stereocenters. The quantitative estimate of drug-likeness (QED) is 0.780. The number of hydrogen-bond donors (Lipinski definition) is 0. The molecular weight excluding hydrogens is 304 g/mol. The number of nitrogens with zero attached hydrogens (tertiary/aromatic N) is 6. The van der Waals surface area contributed by atoms with Crippen LogP contribution in [0.25, 0.3) is 6.08 Å². The van der Waals surface area contributed by atoms with Gasteiger partial charge in [-0.05, 0) is 13.0 Å². The van der Waals surface area contributed by atoms with Crippen molar-refractivity contribution < 1.29 is 4.79 Å². The summed E-state index contributed by atoms with van der Waals surface area (Å²) in [6, 6.07) is 0. The molecule has 1 aliphatic rings. The molecule has 2 aromatic rings. The fourth-order valence-electron chi connectivity index (χ4n) is 2.97. The molecule has 1 aliphatic heterocycles. The molecule has 1 amide bonds. The third-order valence-electron chi connectivity index (χ3n) is 4.34. The average molecular weight is 328 g/mol.